The van der Waals surface area contributed by atoms with Crippen LogP contribution in [-0.2, 0) is 27.8 Å². The highest BCUT2D eigenvalue weighted by Gasteiger charge is 2.26. The molecule has 1 aromatic heterocycles. The highest BCUT2D eigenvalue weighted by molar-refractivity contribution is 7.90. The van der Waals surface area contributed by atoms with Gasteiger partial charge in [-0.1, -0.05) is 6.07 Å². The molecule has 0 aliphatic carbocycles. The molecule has 9 nitrogen and oxygen atoms in total. The Morgan fingerprint density at radius 2 is 2.00 bits per heavy atom. The number of carbonyl (C=O) groups excluding carboxylic acids is 1. The first-order valence-corrected chi connectivity index (χ1v) is 9.55. The largest absolute Gasteiger partial charge is 0.503 e. The molecular weight excluding hydrogens is 383 g/mol. The molecule has 0 fully saturated rings. The Morgan fingerprint density at radius 3 is 2.56 bits per heavy atom. The number of sulfone groups is 1. The predicted octanol–water partition coefficient (Wildman–Crippen LogP) is 0.638. The van der Waals surface area contributed by atoms with Gasteiger partial charge in [-0.3, -0.25) is 9.63 Å². The van der Waals surface area contributed by atoms with E-state index in [1.54, 1.807) is 0 Å². The fraction of sp³-hybridized carbons (Fsp3) is 0.312. The summed E-state index contributed by atoms with van der Waals surface area (Å²) >= 11 is 0. The third-order valence-electron chi connectivity index (χ3n) is 3.78. The van der Waals surface area contributed by atoms with Crippen LogP contribution in [0.2, 0.25) is 0 Å². The van der Waals surface area contributed by atoms with E-state index in [2.05, 4.69) is 0 Å². The fourth-order valence-corrected chi connectivity index (χ4v) is 3.42. The van der Waals surface area contributed by atoms with Crippen LogP contribution in [0.5, 0.6) is 11.6 Å². The normalized spacial score (nSPS) is 11.6. The number of aromatic nitrogens is 1. The van der Waals surface area contributed by atoms with Crippen molar-refractivity contribution in [2.45, 2.75) is 18.0 Å². The van der Waals surface area contributed by atoms with Crippen LogP contribution < -0.4 is 0 Å². The van der Waals surface area contributed by atoms with E-state index in [1.165, 1.54) is 6.07 Å². The van der Waals surface area contributed by atoms with Crippen molar-refractivity contribution in [3.05, 3.63) is 41.3 Å². The van der Waals surface area contributed by atoms with E-state index in [0.717, 1.165) is 41.3 Å². The lowest BCUT2D eigenvalue weighted by Gasteiger charge is -2.20. The summed E-state index contributed by atoms with van der Waals surface area (Å²) < 4.78 is 38.3. The number of nitrogens with zero attached hydrogens (tertiary/aromatic N) is 2. The summed E-state index contributed by atoms with van der Waals surface area (Å²) in [5.41, 5.74) is -0.210. The number of aliphatic hydroxyl groups excluding tert-OH is 1. The molecular formula is C16H19FN2O7S. The van der Waals surface area contributed by atoms with E-state index < -0.39 is 33.2 Å². The summed E-state index contributed by atoms with van der Waals surface area (Å²) in [7, 11) is -2.62. The maximum Gasteiger partial charge on any atom is 0.283 e. The Morgan fingerprint density at radius 1 is 1.33 bits per heavy atom. The van der Waals surface area contributed by atoms with Crippen molar-refractivity contribution in [1.29, 1.82) is 0 Å². The number of benzene rings is 1. The zero-order chi connectivity index (χ0) is 20.4. The van der Waals surface area contributed by atoms with Gasteiger partial charge in [0.05, 0.1) is 25.2 Å². The number of hydrogen-bond donors (Lipinski definition) is 3. The van der Waals surface area contributed by atoms with Crippen LogP contribution in [0.15, 0.2) is 29.3 Å². The van der Waals surface area contributed by atoms with E-state index in [-0.39, 0.29) is 35.7 Å². The first-order chi connectivity index (χ1) is 12.6. The van der Waals surface area contributed by atoms with Gasteiger partial charge in [-0.05, 0) is 17.7 Å². The standard InChI is InChI=1S/C16H19FN2O7S/c1-26-19(8-10-3-4-11(17)7-13(10)27(2,24)25)15(22)12-9-18(5-6-20)16(23)14(12)21/h3-4,7,9,20-21,23H,5-6,8H2,1-2H3. The lowest BCUT2D eigenvalue weighted by Crippen LogP contribution is -2.30. The number of aliphatic hydroxyl groups is 1. The molecule has 0 saturated carbocycles. The Bertz CT molecular complexity index is 956. The second-order valence-electron chi connectivity index (χ2n) is 5.68. The molecule has 0 radical (unpaired) electrons. The second-order valence-corrected chi connectivity index (χ2v) is 7.66. The zero-order valence-electron chi connectivity index (χ0n) is 14.6. The van der Waals surface area contributed by atoms with Crippen molar-refractivity contribution >= 4 is 15.7 Å². The van der Waals surface area contributed by atoms with Gasteiger partial charge in [0.2, 0.25) is 5.88 Å². The van der Waals surface area contributed by atoms with Gasteiger partial charge in [0.25, 0.3) is 5.91 Å². The number of carbonyl (C=O) groups is 1. The maximum atomic E-state index is 13.4. The van der Waals surface area contributed by atoms with Crippen LogP contribution >= 0.6 is 0 Å². The van der Waals surface area contributed by atoms with Crippen LogP contribution in [-0.4, -0.2) is 59.2 Å². The molecule has 0 atom stereocenters. The summed E-state index contributed by atoms with van der Waals surface area (Å²) in [5.74, 6) is -2.94. The van der Waals surface area contributed by atoms with E-state index in [0.29, 0.717) is 0 Å². The fourth-order valence-electron chi connectivity index (χ4n) is 2.48. The average Bonchev–Trinajstić information content (AvgIpc) is 2.88. The molecule has 0 aliphatic rings. The molecule has 0 spiro atoms. The molecule has 11 heteroatoms. The van der Waals surface area contributed by atoms with Gasteiger partial charge < -0.3 is 19.9 Å². The first-order valence-electron chi connectivity index (χ1n) is 7.66. The van der Waals surface area contributed by atoms with Crippen molar-refractivity contribution < 1.29 is 37.8 Å². The molecule has 1 aromatic carbocycles. The molecule has 1 heterocycles. The smallest absolute Gasteiger partial charge is 0.283 e. The highest BCUT2D eigenvalue weighted by Crippen LogP contribution is 2.32. The molecule has 3 N–H and O–H groups in total. The lowest BCUT2D eigenvalue weighted by atomic mass is 10.2. The van der Waals surface area contributed by atoms with Crippen molar-refractivity contribution in [2.75, 3.05) is 20.0 Å². The quantitative estimate of drug-likeness (QED) is 0.580. The Balaban J connectivity index is 2.39. The monoisotopic (exact) mass is 402 g/mol. The van der Waals surface area contributed by atoms with Gasteiger partial charge in [0.1, 0.15) is 11.4 Å². The third kappa shape index (κ3) is 4.38. The minimum atomic E-state index is -3.77. The Kier molecular flexibility index (Phi) is 6.08. The summed E-state index contributed by atoms with van der Waals surface area (Å²) in [6.07, 6.45) is 2.03. The van der Waals surface area contributed by atoms with Crippen LogP contribution in [0.3, 0.4) is 0 Å². The minimum Gasteiger partial charge on any atom is -0.503 e. The van der Waals surface area contributed by atoms with Crippen LogP contribution in [0, 0.1) is 5.82 Å². The number of amides is 1. The third-order valence-corrected chi connectivity index (χ3v) is 4.96. The number of aromatic hydroxyl groups is 2. The van der Waals surface area contributed by atoms with E-state index in [9.17, 15) is 27.8 Å². The summed E-state index contributed by atoms with van der Waals surface area (Å²) in [6.45, 7) is -0.754. The highest BCUT2D eigenvalue weighted by atomic mass is 32.2. The Labute approximate surface area is 154 Å². The van der Waals surface area contributed by atoms with Gasteiger partial charge in [-0.25, -0.2) is 17.9 Å². The molecule has 1 amide bonds. The van der Waals surface area contributed by atoms with Crippen LogP contribution in [0.1, 0.15) is 15.9 Å². The average molecular weight is 402 g/mol. The topological polar surface area (TPSA) is 129 Å². The summed E-state index contributed by atoms with van der Waals surface area (Å²) in [4.78, 5) is 17.3. The molecule has 27 heavy (non-hydrogen) atoms. The summed E-state index contributed by atoms with van der Waals surface area (Å²) in [5, 5.41) is 29.4. The molecule has 2 aromatic rings. The van der Waals surface area contributed by atoms with Gasteiger partial charge in [-0.15, -0.1) is 0 Å². The van der Waals surface area contributed by atoms with E-state index in [1.807, 2.05) is 0 Å². The Hall–Kier alpha value is -2.63. The van der Waals surface area contributed by atoms with Gasteiger partial charge >= 0.3 is 0 Å². The van der Waals surface area contributed by atoms with Crippen LogP contribution in [0.4, 0.5) is 4.39 Å². The second kappa shape index (κ2) is 7.94. The van der Waals surface area contributed by atoms with Crippen molar-refractivity contribution in [2.24, 2.45) is 0 Å². The molecule has 0 saturated heterocycles. The molecule has 0 aliphatic heterocycles. The molecule has 0 bridgehead atoms. The van der Waals surface area contributed by atoms with E-state index >= 15 is 0 Å². The number of rotatable bonds is 7. The SMILES string of the molecule is CON(Cc1ccc(F)cc1S(C)(=O)=O)C(=O)c1cn(CCO)c(O)c1O. The number of hydrogen-bond acceptors (Lipinski definition) is 7. The number of hydroxylamine groups is 2. The summed E-state index contributed by atoms with van der Waals surface area (Å²) in [6, 6.07) is 3.09. The minimum absolute atomic E-state index is 0.0597. The maximum absolute atomic E-state index is 13.4. The van der Waals surface area contributed by atoms with E-state index in [4.69, 9.17) is 9.94 Å². The predicted molar refractivity (Wildman–Crippen MR) is 91.2 cm³/mol. The van der Waals surface area contributed by atoms with Crippen molar-refractivity contribution in [3.8, 4) is 11.6 Å². The molecule has 2 rings (SSSR count). The number of halogens is 1. The molecule has 0 unspecified atom stereocenters. The van der Waals surface area contributed by atoms with Gasteiger partial charge in [-0.2, -0.15) is 0 Å². The first kappa shape index (κ1) is 20.7. The van der Waals surface area contributed by atoms with Gasteiger partial charge in [0.15, 0.2) is 15.6 Å². The van der Waals surface area contributed by atoms with Crippen molar-refractivity contribution in [3.63, 3.8) is 0 Å². The lowest BCUT2D eigenvalue weighted by molar-refractivity contribution is -0.102. The molecule has 148 valence electrons. The van der Waals surface area contributed by atoms with Crippen molar-refractivity contribution in [1.82, 2.24) is 9.63 Å². The van der Waals surface area contributed by atoms with Gasteiger partial charge in [0, 0.05) is 19.0 Å². The zero-order valence-corrected chi connectivity index (χ0v) is 15.4. The van der Waals surface area contributed by atoms with Crippen LogP contribution in [0.25, 0.3) is 0 Å².